The molecular formula is C27H19BrN4O7. The van der Waals surface area contributed by atoms with Crippen molar-refractivity contribution in [3.05, 3.63) is 97.2 Å². The molecule has 0 fully saturated rings. The lowest BCUT2D eigenvalue weighted by Crippen LogP contribution is -2.25. The van der Waals surface area contributed by atoms with Crippen LogP contribution in [0.3, 0.4) is 0 Å². The Kier molecular flexibility index (Phi) is 6.94. The molecule has 196 valence electrons. The maximum absolute atomic E-state index is 13.5. The molecule has 0 radical (unpaired) electrons. The van der Waals surface area contributed by atoms with Gasteiger partial charge in [-0.25, -0.2) is 9.78 Å². The Morgan fingerprint density at radius 1 is 1.18 bits per heavy atom. The number of carbonyl (C=O) groups is 1. The molecule has 2 aromatic heterocycles. The van der Waals surface area contributed by atoms with Crippen LogP contribution in [0.2, 0.25) is 0 Å². The van der Waals surface area contributed by atoms with E-state index in [2.05, 4.69) is 30.8 Å². The fourth-order valence-corrected chi connectivity index (χ4v) is 4.32. The highest BCUT2D eigenvalue weighted by atomic mass is 79.9. The number of rotatable bonds is 7. The lowest BCUT2D eigenvalue weighted by atomic mass is 10.2. The van der Waals surface area contributed by atoms with Crippen LogP contribution in [0.5, 0.6) is 5.75 Å². The van der Waals surface area contributed by atoms with Crippen LogP contribution in [0.1, 0.15) is 12.5 Å². The van der Waals surface area contributed by atoms with Crippen molar-refractivity contribution < 1.29 is 23.6 Å². The normalized spacial score (nSPS) is 12.2. The van der Waals surface area contributed by atoms with Crippen LogP contribution in [-0.2, 0) is 9.53 Å². The van der Waals surface area contributed by atoms with Gasteiger partial charge in [-0.1, -0.05) is 34.1 Å². The second-order valence-electron chi connectivity index (χ2n) is 8.34. The van der Waals surface area contributed by atoms with Crippen LogP contribution in [0.4, 0.5) is 5.69 Å². The monoisotopic (exact) mass is 590 g/mol. The molecule has 5 rings (SSSR count). The fraction of sp³-hybridized carbons (Fsp3) is 0.111. The van der Waals surface area contributed by atoms with Crippen LogP contribution < -0.4 is 10.3 Å². The van der Waals surface area contributed by atoms with E-state index in [9.17, 15) is 19.7 Å². The number of aromatic nitrogens is 2. The first kappa shape index (κ1) is 25.8. The summed E-state index contributed by atoms with van der Waals surface area (Å²) in [7, 11) is 1.18. The number of ether oxygens (including phenoxy) is 2. The smallest absolute Gasteiger partial charge is 0.346 e. The number of carbonyl (C=O) groups excluding carboxylic acids is 1. The van der Waals surface area contributed by atoms with Gasteiger partial charge in [0.25, 0.3) is 5.56 Å². The maximum Gasteiger partial charge on any atom is 0.346 e. The van der Waals surface area contributed by atoms with Crippen molar-refractivity contribution in [3.8, 4) is 17.3 Å². The van der Waals surface area contributed by atoms with Crippen molar-refractivity contribution >= 4 is 55.7 Å². The van der Waals surface area contributed by atoms with E-state index in [0.29, 0.717) is 16.5 Å². The molecule has 0 saturated carbocycles. The number of furan rings is 1. The first-order chi connectivity index (χ1) is 18.8. The molecule has 0 unspecified atom stereocenters. The number of fused-ring (bicyclic) bond motifs is 2. The zero-order valence-corrected chi connectivity index (χ0v) is 22.1. The second-order valence-corrected chi connectivity index (χ2v) is 9.26. The average molecular weight is 591 g/mol. The van der Waals surface area contributed by atoms with Crippen molar-refractivity contribution in [2.75, 3.05) is 7.11 Å². The highest BCUT2D eigenvalue weighted by Gasteiger charge is 2.24. The quantitative estimate of drug-likeness (QED) is 0.108. The van der Waals surface area contributed by atoms with Gasteiger partial charge in [0, 0.05) is 21.5 Å². The van der Waals surface area contributed by atoms with Gasteiger partial charge in [0.15, 0.2) is 11.9 Å². The van der Waals surface area contributed by atoms with E-state index < -0.39 is 22.6 Å². The van der Waals surface area contributed by atoms with Crippen LogP contribution in [0.25, 0.3) is 33.5 Å². The number of methoxy groups -OCH3 is 1. The molecule has 0 bridgehead atoms. The topological polar surface area (TPSA) is 139 Å². The van der Waals surface area contributed by atoms with Gasteiger partial charge in [0.2, 0.25) is 11.6 Å². The molecule has 11 nitrogen and oxygen atoms in total. The van der Waals surface area contributed by atoms with Gasteiger partial charge in [-0.2, -0.15) is 9.78 Å². The van der Waals surface area contributed by atoms with Crippen LogP contribution in [0.15, 0.2) is 85.5 Å². The summed E-state index contributed by atoms with van der Waals surface area (Å²) in [5.74, 6) is -0.512. The Morgan fingerprint density at radius 3 is 2.74 bits per heavy atom. The van der Waals surface area contributed by atoms with E-state index in [0.717, 1.165) is 14.5 Å². The highest BCUT2D eigenvalue weighted by molar-refractivity contribution is 9.10. The summed E-state index contributed by atoms with van der Waals surface area (Å²) in [5, 5.41) is 17.1. The van der Waals surface area contributed by atoms with E-state index in [1.165, 1.54) is 38.4 Å². The number of para-hydroxylation sites is 2. The molecule has 0 aliphatic carbocycles. The van der Waals surface area contributed by atoms with Crippen molar-refractivity contribution in [2.24, 2.45) is 5.10 Å². The third-order valence-corrected chi connectivity index (χ3v) is 6.31. The summed E-state index contributed by atoms with van der Waals surface area (Å²) >= 11 is 3.44. The maximum atomic E-state index is 13.5. The minimum absolute atomic E-state index is 0.123. The molecule has 39 heavy (non-hydrogen) atoms. The molecule has 1 atom stereocenters. The van der Waals surface area contributed by atoms with Gasteiger partial charge in [0.05, 0.1) is 29.2 Å². The summed E-state index contributed by atoms with van der Waals surface area (Å²) in [6.07, 6.45) is 0.0890. The number of nitro benzene ring substituents is 1. The van der Waals surface area contributed by atoms with Crippen molar-refractivity contribution in [2.45, 2.75) is 13.0 Å². The Hall–Kier alpha value is -4.84. The fourth-order valence-electron chi connectivity index (χ4n) is 3.94. The Morgan fingerprint density at radius 2 is 1.97 bits per heavy atom. The molecule has 0 aliphatic heterocycles. The predicted molar refractivity (Wildman–Crippen MR) is 147 cm³/mol. The molecule has 5 aromatic rings. The first-order valence-electron chi connectivity index (χ1n) is 11.5. The first-order valence-corrected chi connectivity index (χ1v) is 12.3. The summed E-state index contributed by atoms with van der Waals surface area (Å²) in [6.45, 7) is 1.40. The SMILES string of the molecule is COC(=O)[C@@H](C)Oc1c(C=Nn2c(-c3cc4cc(Br)ccc4o3)nc3ccccc3c2=O)cccc1[N+](=O)[O-]. The molecule has 0 saturated heterocycles. The lowest BCUT2D eigenvalue weighted by Gasteiger charge is -2.14. The van der Waals surface area contributed by atoms with E-state index in [-0.39, 0.29) is 28.6 Å². The van der Waals surface area contributed by atoms with Gasteiger partial charge >= 0.3 is 11.7 Å². The van der Waals surface area contributed by atoms with Crippen molar-refractivity contribution in [3.63, 3.8) is 0 Å². The number of nitro groups is 1. The molecule has 3 aromatic carbocycles. The van der Waals surface area contributed by atoms with Crippen molar-refractivity contribution in [1.82, 2.24) is 9.66 Å². The van der Waals surface area contributed by atoms with Crippen LogP contribution in [0, 0.1) is 10.1 Å². The molecule has 2 heterocycles. The predicted octanol–water partition coefficient (Wildman–Crippen LogP) is 5.30. The third-order valence-electron chi connectivity index (χ3n) is 5.81. The average Bonchev–Trinajstić information content (AvgIpc) is 3.35. The molecule has 0 aliphatic rings. The molecule has 0 amide bonds. The van der Waals surface area contributed by atoms with Crippen LogP contribution in [-0.4, -0.2) is 40.0 Å². The molecular weight excluding hydrogens is 572 g/mol. The standard InChI is InChI=1S/C27H19BrN4O7/c1-15(27(34)37-2)38-24-16(6-5-9-21(24)32(35)36)14-29-31-25(30-20-8-4-3-7-19(20)26(31)33)23-13-17-12-18(28)10-11-22(17)39-23/h3-15H,1-2H3/t15-/m1/s1. The Bertz CT molecular complexity index is 1840. The van der Waals surface area contributed by atoms with Gasteiger partial charge in [-0.05, 0) is 49.4 Å². The second kappa shape index (κ2) is 10.5. The van der Waals surface area contributed by atoms with Gasteiger partial charge in [0.1, 0.15) is 5.58 Å². The lowest BCUT2D eigenvalue weighted by molar-refractivity contribution is -0.386. The third kappa shape index (κ3) is 5.01. The number of benzene rings is 3. The number of nitrogens with zero attached hydrogens (tertiary/aromatic N) is 4. The van der Waals surface area contributed by atoms with Gasteiger partial charge in [-0.15, -0.1) is 0 Å². The molecule has 0 N–H and O–H groups in total. The minimum Gasteiger partial charge on any atom is -0.471 e. The van der Waals surface area contributed by atoms with Gasteiger partial charge < -0.3 is 13.9 Å². The van der Waals surface area contributed by atoms with Gasteiger partial charge in [-0.3, -0.25) is 14.9 Å². The van der Waals surface area contributed by atoms with Crippen molar-refractivity contribution in [1.29, 1.82) is 0 Å². The zero-order valence-electron chi connectivity index (χ0n) is 20.5. The molecule has 0 spiro atoms. The number of hydrogen-bond acceptors (Lipinski definition) is 9. The summed E-state index contributed by atoms with van der Waals surface area (Å²) in [4.78, 5) is 41.2. The Balaban J connectivity index is 1.69. The van der Waals surface area contributed by atoms with E-state index in [1.807, 2.05) is 12.1 Å². The summed E-state index contributed by atoms with van der Waals surface area (Å²) in [6, 6.07) is 18.2. The highest BCUT2D eigenvalue weighted by Crippen LogP contribution is 2.32. The zero-order chi connectivity index (χ0) is 27.7. The minimum atomic E-state index is -1.14. The number of hydrogen-bond donors (Lipinski definition) is 0. The van der Waals surface area contributed by atoms with Crippen LogP contribution >= 0.6 is 15.9 Å². The van der Waals surface area contributed by atoms with E-state index in [1.54, 1.807) is 36.4 Å². The summed E-state index contributed by atoms with van der Waals surface area (Å²) < 4.78 is 18.2. The largest absolute Gasteiger partial charge is 0.471 e. The number of esters is 1. The number of halogens is 1. The van der Waals surface area contributed by atoms with E-state index in [4.69, 9.17) is 9.15 Å². The van der Waals surface area contributed by atoms with E-state index >= 15 is 0 Å². The summed E-state index contributed by atoms with van der Waals surface area (Å²) in [5.41, 5.74) is 0.305. The molecule has 12 heteroatoms. The Labute approximate surface area is 228 Å².